The molecule has 1 N–H and O–H groups in total. The van der Waals surface area contributed by atoms with Gasteiger partial charge in [0.15, 0.2) is 5.16 Å². The van der Waals surface area contributed by atoms with Crippen molar-refractivity contribution in [2.45, 2.75) is 5.16 Å². The SMILES string of the molecule is O=C(O)CSc1nc(-c2ccccc2)c(-c2ccccc2)n1-c1ccccn1.[Na]. The van der Waals surface area contributed by atoms with E-state index >= 15 is 0 Å². The Balaban J connectivity index is 0.00000240. The molecule has 29 heavy (non-hydrogen) atoms. The van der Waals surface area contributed by atoms with E-state index in [1.165, 1.54) is 11.8 Å². The second kappa shape index (κ2) is 9.89. The number of aromatic nitrogens is 3. The van der Waals surface area contributed by atoms with Gasteiger partial charge in [0.05, 0.1) is 17.1 Å². The molecule has 0 unspecified atom stereocenters. The maximum absolute atomic E-state index is 11.2. The van der Waals surface area contributed by atoms with Gasteiger partial charge in [-0.15, -0.1) is 0 Å². The molecular formula is C22H17N3NaO2S. The number of hydrogen-bond donors (Lipinski definition) is 1. The van der Waals surface area contributed by atoms with Gasteiger partial charge in [-0.3, -0.25) is 9.36 Å². The van der Waals surface area contributed by atoms with E-state index in [1.54, 1.807) is 6.20 Å². The topological polar surface area (TPSA) is 68.0 Å². The molecule has 2 heterocycles. The molecule has 139 valence electrons. The predicted octanol–water partition coefficient (Wildman–Crippen LogP) is 4.40. The summed E-state index contributed by atoms with van der Waals surface area (Å²) in [6.07, 6.45) is 1.72. The molecular weight excluding hydrogens is 393 g/mol. The molecule has 0 bridgehead atoms. The molecule has 4 rings (SSSR count). The number of pyridine rings is 1. The summed E-state index contributed by atoms with van der Waals surface area (Å²) in [5.74, 6) is -0.265. The summed E-state index contributed by atoms with van der Waals surface area (Å²) in [4.78, 5) is 20.5. The molecule has 5 nitrogen and oxygen atoms in total. The van der Waals surface area contributed by atoms with Crippen molar-refractivity contribution in [3.8, 4) is 28.3 Å². The zero-order valence-electron chi connectivity index (χ0n) is 15.9. The van der Waals surface area contributed by atoms with Crippen LogP contribution in [-0.4, -0.2) is 60.9 Å². The van der Waals surface area contributed by atoms with Gasteiger partial charge >= 0.3 is 5.97 Å². The number of carboxylic acid groups (broad SMARTS) is 1. The first kappa shape index (κ1) is 21.3. The van der Waals surface area contributed by atoms with Crippen molar-refractivity contribution in [3.05, 3.63) is 85.1 Å². The molecule has 0 saturated carbocycles. The number of hydrogen-bond acceptors (Lipinski definition) is 4. The van der Waals surface area contributed by atoms with Gasteiger partial charge in [0.2, 0.25) is 0 Å². The number of benzene rings is 2. The Morgan fingerprint density at radius 1 is 0.897 bits per heavy atom. The van der Waals surface area contributed by atoms with Crippen LogP contribution >= 0.6 is 11.8 Å². The van der Waals surface area contributed by atoms with Crippen molar-refractivity contribution in [2.24, 2.45) is 0 Å². The van der Waals surface area contributed by atoms with Gasteiger partial charge in [-0.2, -0.15) is 0 Å². The Labute approximate surface area is 195 Å². The minimum atomic E-state index is -0.886. The van der Waals surface area contributed by atoms with Gasteiger partial charge in [0, 0.05) is 46.9 Å². The van der Waals surface area contributed by atoms with Crippen LogP contribution in [0.2, 0.25) is 0 Å². The number of imidazole rings is 1. The van der Waals surface area contributed by atoms with Crippen molar-refractivity contribution in [1.82, 2.24) is 14.5 Å². The van der Waals surface area contributed by atoms with E-state index in [4.69, 9.17) is 4.98 Å². The molecule has 0 aliphatic heterocycles. The van der Waals surface area contributed by atoms with E-state index in [1.807, 2.05) is 83.4 Å². The number of aliphatic carboxylic acids is 1. The van der Waals surface area contributed by atoms with Crippen molar-refractivity contribution < 1.29 is 9.90 Å². The van der Waals surface area contributed by atoms with Crippen LogP contribution in [0.5, 0.6) is 0 Å². The molecule has 2 aromatic carbocycles. The first-order chi connectivity index (χ1) is 13.7. The van der Waals surface area contributed by atoms with Crippen LogP contribution in [0, 0.1) is 0 Å². The quantitative estimate of drug-likeness (QED) is 0.377. The summed E-state index contributed by atoms with van der Waals surface area (Å²) >= 11 is 1.19. The van der Waals surface area contributed by atoms with Crippen molar-refractivity contribution in [1.29, 1.82) is 0 Å². The Kier molecular flexibility index (Phi) is 7.28. The summed E-state index contributed by atoms with van der Waals surface area (Å²) in [6, 6.07) is 25.5. The number of carbonyl (C=O) groups is 1. The molecule has 0 amide bonds. The largest absolute Gasteiger partial charge is 0.481 e. The van der Waals surface area contributed by atoms with E-state index in [2.05, 4.69) is 4.98 Å². The second-order valence-corrected chi connectivity index (χ2v) is 6.97. The van der Waals surface area contributed by atoms with Crippen LogP contribution in [0.15, 0.2) is 90.2 Å². The van der Waals surface area contributed by atoms with Crippen LogP contribution in [-0.2, 0) is 4.79 Å². The molecule has 1 radical (unpaired) electrons. The molecule has 7 heteroatoms. The minimum Gasteiger partial charge on any atom is -0.481 e. The van der Waals surface area contributed by atoms with Crippen molar-refractivity contribution in [2.75, 3.05) is 5.75 Å². The van der Waals surface area contributed by atoms with E-state index in [0.29, 0.717) is 11.0 Å². The summed E-state index contributed by atoms with van der Waals surface area (Å²) in [5, 5.41) is 9.77. The fourth-order valence-electron chi connectivity index (χ4n) is 2.98. The predicted molar refractivity (Wildman–Crippen MR) is 116 cm³/mol. The Morgan fingerprint density at radius 2 is 1.52 bits per heavy atom. The van der Waals surface area contributed by atoms with Gasteiger partial charge in [-0.1, -0.05) is 78.5 Å². The maximum Gasteiger partial charge on any atom is 0.313 e. The van der Waals surface area contributed by atoms with Crippen LogP contribution in [0.3, 0.4) is 0 Å². The average Bonchev–Trinajstić information content (AvgIpc) is 3.14. The van der Waals surface area contributed by atoms with Crippen LogP contribution in [0.1, 0.15) is 0 Å². The Morgan fingerprint density at radius 3 is 2.10 bits per heavy atom. The number of thioether (sulfide) groups is 1. The van der Waals surface area contributed by atoms with E-state index in [0.717, 1.165) is 22.5 Å². The summed E-state index contributed by atoms with van der Waals surface area (Å²) in [6.45, 7) is 0. The standard InChI is InChI=1S/C22H17N3O2S.Na/c26-19(27)15-28-22-24-20(16-9-3-1-4-10-16)21(17-11-5-2-6-12-17)25(22)18-13-7-8-14-23-18;/h1-14H,15H2,(H,26,27);. The summed E-state index contributed by atoms with van der Waals surface area (Å²) in [7, 11) is 0. The normalized spacial score (nSPS) is 10.3. The van der Waals surface area contributed by atoms with E-state index in [9.17, 15) is 9.90 Å². The Hall–Kier alpha value is -2.38. The zero-order chi connectivity index (χ0) is 19.3. The average molecular weight is 410 g/mol. The third-order valence-corrected chi connectivity index (χ3v) is 5.07. The molecule has 2 aromatic heterocycles. The molecule has 4 aromatic rings. The monoisotopic (exact) mass is 410 g/mol. The van der Waals surface area contributed by atoms with Crippen molar-refractivity contribution >= 4 is 47.3 Å². The van der Waals surface area contributed by atoms with Crippen molar-refractivity contribution in [3.63, 3.8) is 0 Å². The fraction of sp³-hybridized carbons (Fsp3) is 0.0455. The minimum absolute atomic E-state index is 0. The second-order valence-electron chi connectivity index (χ2n) is 6.03. The van der Waals surface area contributed by atoms with Crippen LogP contribution < -0.4 is 0 Å². The number of carboxylic acids is 1. The summed E-state index contributed by atoms with van der Waals surface area (Å²) < 4.78 is 1.94. The molecule has 0 aliphatic carbocycles. The first-order valence-electron chi connectivity index (χ1n) is 8.73. The summed E-state index contributed by atoms with van der Waals surface area (Å²) in [5.41, 5.74) is 3.64. The van der Waals surface area contributed by atoms with Gasteiger partial charge in [-0.25, -0.2) is 9.97 Å². The Bertz CT molecular complexity index is 1090. The zero-order valence-corrected chi connectivity index (χ0v) is 18.7. The maximum atomic E-state index is 11.2. The van der Waals surface area contributed by atoms with Gasteiger partial charge in [-0.05, 0) is 12.1 Å². The van der Waals surface area contributed by atoms with Gasteiger partial charge in [0.1, 0.15) is 5.82 Å². The first-order valence-corrected chi connectivity index (χ1v) is 9.72. The number of nitrogens with zero attached hydrogens (tertiary/aromatic N) is 3. The third kappa shape index (κ3) is 4.79. The molecule has 0 atom stereocenters. The van der Waals surface area contributed by atoms with Gasteiger partial charge < -0.3 is 5.11 Å². The third-order valence-electron chi connectivity index (χ3n) is 4.14. The molecule has 0 spiro atoms. The molecule has 0 saturated heterocycles. The molecule has 0 aliphatic rings. The molecule has 0 fully saturated rings. The van der Waals surface area contributed by atoms with E-state index < -0.39 is 5.97 Å². The van der Waals surface area contributed by atoms with Crippen LogP contribution in [0.25, 0.3) is 28.3 Å². The smallest absolute Gasteiger partial charge is 0.313 e. The van der Waals surface area contributed by atoms with Crippen LogP contribution in [0.4, 0.5) is 0 Å². The number of rotatable bonds is 6. The fourth-order valence-corrected chi connectivity index (χ4v) is 3.70. The van der Waals surface area contributed by atoms with E-state index in [-0.39, 0.29) is 35.3 Å². The van der Waals surface area contributed by atoms with Gasteiger partial charge in [0.25, 0.3) is 0 Å².